The van der Waals surface area contributed by atoms with Crippen molar-refractivity contribution in [2.75, 3.05) is 0 Å². The van der Waals surface area contributed by atoms with Gasteiger partial charge in [0.2, 0.25) is 0 Å². The summed E-state index contributed by atoms with van der Waals surface area (Å²) in [4.78, 5) is 26.0. The minimum absolute atomic E-state index is 0.00390. The summed E-state index contributed by atoms with van der Waals surface area (Å²) in [6.07, 6.45) is -4.48. The summed E-state index contributed by atoms with van der Waals surface area (Å²) in [6, 6.07) is 19.4. The Bertz CT molecular complexity index is 1330. The summed E-state index contributed by atoms with van der Waals surface area (Å²) in [6.45, 7) is 1.97. The lowest BCUT2D eigenvalue weighted by Gasteiger charge is -2.25. The smallest absolute Gasteiger partial charge is 0.430 e. The van der Waals surface area contributed by atoms with E-state index >= 15 is 0 Å². The fourth-order valence-electron chi connectivity index (χ4n) is 3.71. The van der Waals surface area contributed by atoms with Crippen molar-refractivity contribution in [3.63, 3.8) is 0 Å². The largest absolute Gasteiger partial charge is 0.542 e. The third-order valence-corrected chi connectivity index (χ3v) is 6.12. The van der Waals surface area contributed by atoms with Crippen molar-refractivity contribution in [2.45, 2.75) is 31.5 Å². The summed E-state index contributed by atoms with van der Waals surface area (Å²) >= 11 is 12.1. The molecule has 1 heterocycles. The Kier molecular flexibility index (Phi) is 9.48. The highest BCUT2D eigenvalue weighted by molar-refractivity contribution is 6.35. The van der Waals surface area contributed by atoms with Crippen molar-refractivity contribution in [2.24, 2.45) is 4.99 Å². The number of carboxylic acids is 1. The number of carbonyl (C=O) groups is 2. The molecule has 3 aromatic carbocycles. The van der Waals surface area contributed by atoms with E-state index in [0.717, 1.165) is 16.8 Å². The molecule has 0 saturated heterocycles. The standard InChI is InChI=1S/C24H20Cl2FN3O.C2HF3O2/c1-14(28-24(31)23-29-21-11-10-19(27)13-22(21)30-23)20(16-4-8-18(26)9-5-16)12-15-2-6-17(25)7-3-15;3-2(4,5)1(6)7/h2-11,13-14,20H,12H2,1H3,(H,28,31)(H,29,30);(H,6,7)/t14-,20+;/m1./s1. The van der Waals surface area contributed by atoms with Gasteiger partial charge in [0.1, 0.15) is 17.5 Å². The highest BCUT2D eigenvalue weighted by Gasteiger charge is 2.30. The van der Waals surface area contributed by atoms with Gasteiger partial charge in [-0.3, -0.25) is 10.1 Å². The number of quaternary nitrogens is 1. The highest BCUT2D eigenvalue weighted by atomic mass is 35.5. The Hall–Kier alpha value is -3.47. The van der Waals surface area contributed by atoms with Gasteiger partial charge in [-0.05, 0) is 54.8 Å². The number of carboxylic acid groups (broad SMARTS) is 1. The average Bonchev–Trinajstić information content (AvgIpc) is 3.27. The van der Waals surface area contributed by atoms with E-state index in [-0.39, 0.29) is 29.5 Å². The van der Waals surface area contributed by atoms with Crippen molar-refractivity contribution in [1.82, 2.24) is 5.32 Å². The molecule has 1 amide bonds. The molecule has 12 heteroatoms. The number of rotatable bonds is 6. The number of halogens is 6. The number of fused-ring (bicyclic) bond motifs is 1. The Morgan fingerprint density at radius 3 is 2.11 bits per heavy atom. The number of amides is 1. The normalized spacial score (nSPS) is 13.9. The fourth-order valence-corrected chi connectivity index (χ4v) is 3.96. The molecule has 0 radical (unpaired) electrons. The number of carbonyl (C=O) groups excluding carboxylic acids is 2. The van der Waals surface area contributed by atoms with Crippen LogP contribution >= 0.6 is 23.2 Å². The Balaban J connectivity index is 0.000000505. The maximum absolute atomic E-state index is 13.5. The molecule has 2 atom stereocenters. The topological polar surface area (TPSA) is 98.2 Å². The van der Waals surface area contributed by atoms with Crippen LogP contribution in [-0.2, 0) is 16.0 Å². The van der Waals surface area contributed by atoms with Gasteiger partial charge in [-0.25, -0.2) is 4.39 Å². The van der Waals surface area contributed by atoms with Crippen molar-refractivity contribution >= 4 is 52.3 Å². The van der Waals surface area contributed by atoms with E-state index in [2.05, 4.69) is 10.3 Å². The monoisotopic (exact) mass is 569 g/mol. The number of amidine groups is 1. The number of alkyl halides is 3. The summed E-state index contributed by atoms with van der Waals surface area (Å²) in [5, 5.41) is 14.9. The molecule has 38 heavy (non-hydrogen) atoms. The molecule has 3 N–H and O–H groups in total. The zero-order chi connectivity index (χ0) is 28.0. The number of hydrogen-bond donors (Lipinski definition) is 2. The molecule has 0 fully saturated rings. The lowest BCUT2D eigenvalue weighted by molar-refractivity contribution is -0.436. The van der Waals surface area contributed by atoms with Crippen LogP contribution in [0.1, 0.15) is 24.0 Å². The zero-order valence-corrected chi connectivity index (χ0v) is 21.2. The Morgan fingerprint density at radius 2 is 1.55 bits per heavy atom. The third-order valence-electron chi connectivity index (χ3n) is 5.62. The second-order valence-electron chi connectivity index (χ2n) is 8.38. The van der Waals surface area contributed by atoms with Gasteiger partial charge in [0.05, 0.1) is 0 Å². The highest BCUT2D eigenvalue weighted by Crippen LogP contribution is 2.28. The van der Waals surface area contributed by atoms with E-state index in [1.165, 1.54) is 12.1 Å². The first kappa shape index (κ1) is 29.1. The van der Waals surface area contributed by atoms with Crippen molar-refractivity contribution < 1.29 is 37.6 Å². The molecule has 1 aliphatic rings. The lowest BCUT2D eigenvalue weighted by Crippen LogP contribution is -2.84. The van der Waals surface area contributed by atoms with Gasteiger partial charge in [-0.2, -0.15) is 18.2 Å². The van der Waals surface area contributed by atoms with Crippen molar-refractivity contribution in [3.8, 4) is 0 Å². The van der Waals surface area contributed by atoms with Crippen LogP contribution < -0.4 is 15.7 Å². The quantitative estimate of drug-likeness (QED) is 0.344. The van der Waals surface area contributed by atoms with Crippen LogP contribution in [0.4, 0.5) is 28.9 Å². The minimum atomic E-state index is -5.19. The van der Waals surface area contributed by atoms with Gasteiger partial charge in [0.15, 0.2) is 5.69 Å². The van der Waals surface area contributed by atoms with Gasteiger partial charge in [-0.1, -0.05) is 47.5 Å². The minimum Gasteiger partial charge on any atom is -0.542 e. The molecule has 200 valence electrons. The van der Waals surface area contributed by atoms with E-state index < -0.39 is 12.1 Å². The molecule has 0 saturated carbocycles. The van der Waals surface area contributed by atoms with Crippen LogP contribution in [0.5, 0.6) is 0 Å². The maximum Gasteiger partial charge on any atom is 0.430 e. The number of hydrogen-bond acceptors (Lipinski definition) is 4. The van der Waals surface area contributed by atoms with E-state index in [0.29, 0.717) is 22.2 Å². The number of benzene rings is 3. The molecule has 0 bridgehead atoms. The number of aliphatic imine (C=N–C) groups is 1. The van der Waals surface area contributed by atoms with Crippen LogP contribution in [0.2, 0.25) is 10.0 Å². The van der Waals surface area contributed by atoms with Gasteiger partial charge >= 0.3 is 12.1 Å². The molecule has 0 spiro atoms. The summed E-state index contributed by atoms with van der Waals surface area (Å²) in [5.41, 5.74) is 3.37. The number of nitrogens with two attached hydrogens (primary N) is 1. The fraction of sp³-hybridized carbons (Fsp3) is 0.192. The average molecular weight is 570 g/mol. The summed E-state index contributed by atoms with van der Waals surface area (Å²) in [5.74, 6) is -3.40. The van der Waals surface area contributed by atoms with Crippen LogP contribution in [0, 0.1) is 5.82 Å². The Labute approximate surface area is 225 Å². The van der Waals surface area contributed by atoms with Gasteiger partial charge in [0.25, 0.3) is 5.84 Å². The Morgan fingerprint density at radius 1 is 1.00 bits per heavy atom. The van der Waals surface area contributed by atoms with Crippen LogP contribution in [0.15, 0.2) is 71.7 Å². The molecule has 4 rings (SSSR count). The summed E-state index contributed by atoms with van der Waals surface area (Å²) in [7, 11) is 0. The molecule has 0 unspecified atom stereocenters. The molecule has 0 aromatic heterocycles. The molecular formula is C26H21Cl2F4N3O3. The van der Waals surface area contributed by atoms with E-state index in [1.54, 1.807) is 11.4 Å². The van der Waals surface area contributed by atoms with E-state index in [1.807, 2.05) is 55.5 Å². The first-order valence-corrected chi connectivity index (χ1v) is 11.9. The lowest BCUT2D eigenvalue weighted by atomic mass is 9.86. The second kappa shape index (κ2) is 12.4. The third kappa shape index (κ3) is 8.01. The van der Waals surface area contributed by atoms with E-state index in [4.69, 9.17) is 33.1 Å². The number of aliphatic carboxylic acids is 1. The van der Waals surface area contributed by atoms with Gasteiger partial charge < -0.3 is 15.2 Å². The number of nitrogens with one attached hydrogen (secondary N) is 1. The summed E-state index contributed by atoms with van der Waals surface area (Å²) < 4.78 is 45.0. The first-order valence-electron chi connectivity index (χ1n) is 11.2. The molecule has 6 nitrogen and oxygen atoms in total. The molecular weight excluding hydrogens is 549 g/mol. The maximum atomic E-state index is 13.5. The molecule has 3 aromatic rings. The SMILES string of the molecule is C[C@@H](NC(=O)C1=Nc2cc(F)ccc2[NH2+]1)[C@H](Cc1ccc(Cl)cc1)c1ccc(Cl)cc1.O=C([O-])C(F)(F)F. The van der Waals surface area contributed by atoms with Crippen molar-refractivity contribution in [1.29, 1.82) is 0 Å². The van der Waals surface area contributed by atoms with E-state index in [9.17, 15) is 22.4 Å². The van der Waals surface area contributed by atoms with Crippen LogP contribution in [0.25, 0.3) is 0 Å². The molecule has 1 aliphatic heterocycles. The van der Waals surface area contributed by atoms with Crippen LogP contribution in [-0.4, -0.2) is 29.9 Å². The van der Waals surface area contributed by atoms with Crippen molar-refractivity contribution in [3.05, 3.63) is 93.7 Å². The van der Waals surface area contributed by atoms with Gasteiger partial charge in [0, 0.05) is 34.1 Å². The second-order valence-corrected chi connectivity index (χ2v) is 9.25. The predicted octanol–water partition coefficient (Wildman–Crippen LogP) is 4.20. The first-order chi connectivity index (χ1) is 17.8. The van der Waals surface area contributed by atoms with Gasteiger partial charge in [-0.15, -0.1) is 0 Å². The predicted molar refractivity (Wildman–Crippen MR) is 133 cm³/mol. The number of nitrogens with zero attached hydrogens (tertiary/aromatic N) is 1. The molecule has 0 aliphatic carbocycles. The van der Waals surface area contributed by atoms with Crippen LogP contribution in [0.3, 0.4) is 0 Å². The zero-order valence-electron chi connectivity index (χ0n) is 19.7.